The SMILES string of the molecule is COC(=O)c1ccc(Br)c(S)c1C. The smallest absolute Gasteiger partial charge is 0.338 e. The molecule has 1 aromatic rings. The summed E-state index contributed by atoms with van der Waals surface area (Å²) in [7, 11) is 1.36. The summed E-state index contributed by atoms with van der Waals surface area (Å²) in [5, 5.41) is 0. The first-order valence-corrected chi connectivity index (χ1v) is 4.88. The largest absolute Gasteiger partial charge is 0.465 e. The van der Waals surface area contributed by atoms with Crippen molar-refractivity contribution >= 4 is 34.5 Å². The molecule has 4 heteroatoms. The third kappa shape index (κ3) is 2.06. The fraction of sp³-hybridized carbons (Fsp3) is 0.222. The Morgan fingerprint density at radius 3 is 2.69 bits per heavy atom. The molecule has 0 aromatic heterocycles. The van der Waals surface area contributed by atoms with Gasteiger partial charge in [-0.3, -0.25) is 0 Å². The van der Waals surface area contributed by atoms with E-state index in [0.29, 0.717) is 5.56 Å². The minimum absolute atomic E-state index is 0.333. The molecule has 0 fully saturated rings. The molecule has 1 aromatic carbocycles. The highest BCUT2D eigenvalue weighted by molar-refractivity contribution is 9.10. The molecule has 0 atom stereocenters. The van der Waals surface area contributed by atoms with Crippen LogP contribution in [0.3, 0.4) is 0 Å². The average molecular weight is 261 g/mol. The van der Waals surface area contributed by atoms with Crippen molar-refractivity contribution in [2.45, 2.75) is 11.8 Å². The maximum absolute atomic E-state index is 11.2. The van der Waals surface area contributed by atoms with Crippen LogP contribution in [0.4, 0.5) is 0 Å². The molecule has 0 spiro atoms. The van der Waals surface area contributed by atoms with Gasteiger partial charge in [0.15, 0.2) is 0 Å². The van der Waals surface area contributed by atoms with E-state index in [2.05, 4.69) is 33.3 Å². The van der Waals surface area contributed by atoms with E-state index in [1.54, 1.807) is 12.1 Å². The van der Waals surface area contributed by atoms with Gasteiger partial charge in [-0.2, -0.15) is 0 Å². The standard InChI is InChI=1S/C9H9BrO2S/c1-5-6(9(11)12-2)3-4-7(10)8(5)13/h3-4,13H,1-2H3. The molecule has 2 nitrogen and oxygen atoms in total. The number of carbonyl (C=O) groups excluding carboxylic acids is 1. The van der Waals surface area contributed by atoms with E-state index in [9.17, 15) is 4.79 Å². The zero-order valence-corrected chi connectivity index (χ0v) is 9.78. The van der Waals surface area contributed by atoms with Crippen LogP contribution in [-0.4, -0.2) is 13.1 Å². The third-order valence-electron chi connectivity index (χ3n) is 1.79. The van der Waals surface area contributed by atoms with Crippen molar-refractivity contribution in [3.63, 3.8) is 0 Å². The van der Waals surface area contributed by atoms with E-state index in [-0.39, 0.29) is 5.97 Å². The maximum atomic E-state index is 11.2. The fourth-order valence-corrected chi connectivity index (χ4v) is 1.62. The van der Waals surface area contributed by atoms with Crippen molar-refractivity contribution < 1.29 is 9.53 Å². The molecular weight excluding hydrogens is 252 g/mol. The summed E-state index contributed by atoms with van der Waals surface area (Å²) in [5.41, 5.74) is 1.38. The van der Waals surface area contributed by atoms with Crippen molar-refractivity contribution in [1.82, 2.24) is 0 Å². The van der Waals surface area contributed by atoms with Gasteiger partial charge in [0.25, 0.3) is 0 Å². The van der Waals surface area contributed by atoms with Crippen molar-refractivity contribution in [2.24, 2.45) is 0 Å². The predicted octanol–water partition coefficient (Wildman–Crippen LogP) is 2.83. The van der Waals surface area contributed by atoms with E-state index in [0.717, 1.165) is 14.9 Å². The Morgan fingerprint density at radius 2 is 2.15 bits per heavy atom. The van der Waals surface area contributed by atoms with E-state index in [4.69, 9.17) is 0 Å². The van der Waals surface area contributed by atoms with Gasteiger partial charge < -0.3 is 4.74 Å². The highest BCUT2D eigenvalue weighted by atomic mass is 79.9. The van der Waals surface area contributed by atoms with Crippen molar-refractivity contribution in [2.75, 3.05) is 7.11 Å². The third-order valence-corrected chi connectivity index (χ3v) is 3.33. The highest BCUT2D eigenvalue weighted by Gasteiger charge is 2.12. The molecule has 0 aliphatic rings. The molecule has 0 unspecified atom stereocenters. The number of thiol groups is 1. The van der Waals surface area contributed by atoms with Crippen LogP contribution in [0.1, 0.15) is 15.9 Å². The molecule has 0 aliphatic carbocycles. The number of hydrogen-bond donors (Lipinski definition) is 1. The Morgan fingerprint density at radius 1 is 1.54 bits per heavy atom. The maximum Gasteiger partial charge on any atom is 0.338 e. The second-order valence-corrected chi connectivity index (χ2v) is 3.86. The normalized spacial score (nSPS) is 9.85. The summed E-state index contributed by atoms with van der Waals surface area (Å²) in [5.74, 6) is -0.333. The molecule has 0 heterocycles. The Balaban J connectivity index is 3.26. The van der Waals surface area contributed by atoms with E-state index in [1.807, 2.05) is 6.92 Å². The molecule has 0 amide bonds. The van der Waals surface area contributed by atoms with E-state index >= 15 is 0 Å². The van der Waals surface area contributed by atoms with Gasteiger partial charge in [0.05, 0.1) is 12.7 Å². The quantitative estimate of drug-likeness (QED) is 0.621. The molecule has 0 saturated carbocycles. The van der Waals surface area contributed by atoms with Gasteiger partial charge in [-0.1, -0.05) is 0 Å². The number of hydrogen-bond acceptors (Lipinski definition) is 3. The Bertz CT molecular complexity index is 350. The van der Waals surface area contributed by atoms with Crippen molar-refractivity contribution in [1.29, 1.82) is 0 Å². The molecule has 1 rings (SSSR count). The predicted molar refractivity (Wildman–Crippen MR) is 57.5 cm³/mol. The number of ether oxygens (including phenoxy) is 1. The molecule has 0 radical (unpaired) electrons. The minimum atomic E-state index is -0.333. The Labute approximate surface area is 90.8 Å². The second-order valence-electron chi connectivity index (χ2n) is 2.56. The van der Waals surface area contributed by atoms with Crippen molar-refractivity contribution in [3.8, 4) is 0 Å². The molecule has 0 aliphatic heterocycles. The number of rotatable bonds is 1. The van der Waals surface area contributed by atoms with Gasteiger partial charge in [0.1, 0.15) is 0 Å². The minimum Gasteiger partial charge on any atom is -0.465 e. The summed E-state index contributed by atoms with van der Waals surface area (Å²) in [4.78, 5) is 12.0. The highest BCUT2D eigenvalue weighted by Crippen LogP contribution is 2.26. The number of esters is 1. The molecule has 0 N–H and O–H groups in total. The first kappa shape index (κ1) is 10.6. The molecule has 70 valence electrons. The Kier molecular flexibility index (Phi) is 3.39. The van der Waals surface area contributed by atoms with Gasteiger partial charge >= 0.3 is 5.97 Å². The summed E-state index contributed by atoms with van der Waals surface area (Å²) < 4.78 is 5.50. The Hall–Kier alpha value is -0.480. The van der Waals surface area contributed by atoms with Crippen LogP contribution >= 0.6 is 28.6 Å². The van der Waals surface area contributed by atoms with Crippen molar-refractivity contribution in [3.05, 3.63) is 27.7 Å². The van der Waals surface area contributed by atoms with Gasteiger partial charge in [0, 0.05) is 9.37 Å². The zero-order chi connectivity index (χ0) is 10.0. The van der Waals surface area contributed by atoms with Crippen LogP contribution in [0.25, 0.3) is 0 Å². The first-order valence-electron chi connectivity index (χ1n) is 3.64. The molecule has 0 saturated heterocycles. The molecule has 13 heavy (non-hydrogen) atoms. The molecular formula is C9H9BrO2S. The zero-order valence-electron chi connectivity index (χ0n) is 7.30. The number of methoxy groups -OCH3 is 1. The van der Waals surface area contributed by atoms with Crippen LogP contribution < -0.4 is 0 Å². The van der Waals surface area contributed by atoms with E-state index in [1.165, 1.54) is 7.11 Å². The van der Waals surface area contributed by atoms with Crippen LogP contribution in [0.2, 0.25) is 0 Å². The second kappa shape index (κ2) is 4.15. The van der Waals surface area contributed by atoms with Gasteiger partial charge in [-0.05, 0) is 40.5 Å². The number of carbonyl (C=O) groups is 1. The lowest BCUT2D eigenvalue weighted by Crippen LogP contribution is -2.04. The number of halogens is 1. The summed E-state index contributed by atoms with van der Waals surface area (Å²) in [6, 6.07) is 3.49. The van der Waals surface area contributed by atoms with Crippen LogP contribution in [0.5, 0.6) is 0 Å². The lowest BCUT2D eigenvalue weighted by Gasteiger charge is -2.07. The van der Waals surface area contributed by atoms with E-state index < -0.39 is 0 Å². The van der Waals surface area contributed by atoms with Crippen LogP contribution in [0.15, 0.2) is 21.5 Å². The summed E-state index contributed by atoms with van der Waals surface area (Å²) in [6.45, 7) is 1.83. The topological polar surface area (TPSA) is 26.3 Å². The summed E-state index contributed by atoms with van der Waals surface area (Å²) in [6.07, 6.45) is 0. The van der Waals surface area contributed by atoms with Crippen LogP contribution in [-0.2, 0) is 4.74 Å². The van der Waals surface area contributed by atoms with Gasteiger partial charge in [0.2, 0.25) is 0 Å². The number of benzene rings is 1. The average Bonchev–Trinajstić information content (AvgIpc) is 2.13. The fourth-order valence-electron chi connectivity index (χ4n) is 0.998. The monoisotopic (exact) mass is 260 g/mol. The van der Waals surface area contributed by atoms with Gasteiger partial charge in [-0.15, -0.1) is 12.6 Å². The van der Waals surface area contributed by atoms with Gasteiger partial charge in [-0.25, -0.2) is 4.79 Å². The lowest BCUT2D eigenvalue weighted by atomic mass is 10.1. The summed E-state index contributed by atoms with van der Waals surface area (Å²) >= 11 is 7.58. The lowest BCUT2D eigenvalue weighted by molar-refractivity contribution is 0.0599. The van der Waals surface area contributed by atoms with Crippen LogP contribution in [0, 0.1) is 6.92 Å². The molecule has 0 bridgehead atoms. The first-order chi connectivity index (χ1) is 6.07.